The van der Waals surface area contributed by atoms with E-state index in [1.165, 1.54) is 37.9 Å². The summed E-state index contributed by atoms with van der Waals surface area (Å²) in [5.41, 5.74) is 7.77. The number of benzene rings is 4. The summed E-state index contributed by atoms with van der Waals surface area (Å²) in [5.74, 6) is 0.197. The highest BCUT2D eigenvalue weighted by atomic mass is 14.6. The van der Waals surface area contributed by atoms with Crippen molar-refractivity contribution in [2.75, 3.05) is 0 Å². The molecule has 1 nitrogen and oxygen atoms in total. The van der Waals surface area contributed by atoms with E-state index in [0.29, 0.717) is 0 Å². The van der Waals surface area contributed by atoms with Crippen LogP contribution in [-0.2, 0) is 0 Å². The Hall–Kier alpha value is -2.90. The molecule has 0 saturated carbocycles. The summed E-state index contributed by atoms with van der Waals surface area (Å²) in [7, 11) is 0. The van der Waals surface area contributed by atoms with Gasteiger partial charge in [-0.15, -0.1) is 0 Å². The molecular weight excluding hydrogens is 302 g/mol. The van der Waals surface area contributed by atoms with Crippen LogP contribution in [0.25, 0.3) is 32.3 Å². The molecule has 2 unspecified atom stereocenters. The molecule has 5 rings (SSSR count). The highest BCUT2D eigenvalue weighted by Crippen LogP contribution is 2.39. The van der Waals surface area contributed by atoms with Gasteiger partial charge in [0, 0.05) is 12.0 Å². The quantitative estimate of drug-likeness (QED) is 0.448. The third-order valence-electron chi connectivity index (χ3n) is 5.32. The smallest absolute Gasteiger partial charge is 0.0332 e. The summed E-state index contributed by atoms with van der Waals surface area (Å²) in [6, 6.07) is 24.1. The van der Waals surface area contributed by atoms with Gasteiger partial charge in [0.1, 0.15) is 0 Å². The summed E-state index contributed by atoms with van der Waals surface area (Å²) >= 11 is 0. The normalized spacial score (nSPS) is 19.9. The monoisotopic (exact) mass is 321 g/mol. The van der Waals surface area contributed by atoms with E-state index < -0.39 is 0 Å². The van der Waals surface area contributed by atoms with Gasteiger partial charge >= 0.3 is 0 Å². The second kappa shape index (κ2) is 5.58. The van der Waals surface area contributed by atoms with Gasteiger partial charge in [0.2, 0.25) is 0 Å². The van der Waals surface area contributed by atoms with E-state index in [0.717, 1.165) is 0 Å². The Kier molecular flexibility index (Phi) is 3.22. The van der Waals surface area contributed by atoms with Crippen LogP contribution in [0.5, 0.6) is 0 Å². The van der Waals surface area contributed by atoms with E-state index in [-0.39, 0.29) is 12.0 Å². The number of rotatable bonds is 1. The van der Waals surface area contributed by atoms with E-state index >= 15 is 0 Å². The lowest BCUT2D eigenvalue weighted by Crippen LogP contribution is -2.26. The van der Waals surface area contributed by atoms with Crippen molar-refractivity contribution in [1.82, 2.24) is 0 Å². The van der Waals surface area contributed by atoms with Crippen molar-refractivity contribution >= 4 is 32.3 Å². The van der Waals surface area contributed by atoms with E-state index in [2.05, 4.69) is 85.0 Å². The molecular formula is C24H19N. The minimum atomic E-state index is 0.00771. The lowest BCUT2D eigenvalue weighted by Gasteiger charge is -2.24. The summed E-state index contributed by atoms with van der Waals surface area (Å²) in [6.45, 7) is 0. The molecule has 0 aromatic heterocycles. The Morgan fingerprint density at radius 1 is 0.640 bits per heavy atom. The molecule has 4 aromatic carbocycles. The van der Waals surface area contributed by atoms with Crippen LogP contribution in [0.15, 0.2) is 91.0 Å². The van der Waals surface area contributed by atoms with Gasteiger partial charge in [0.05, 0.1) is 0 Å². The largest absolute Gasteiger partial charge is 0.324 e. The van der Waals surface area contributed by atoms with Crippen LogP contribution < -0.4 is 5.73 Å². The van der Waals surface area contributed by atoms with Gasteiger partial charge in [-0.3, -0.25) is 0 Å². The average Bonchev–Trinajstić information content (AvgIpc) is 2.67. The Balaban J connectivity index is 1.98. The predicted molar refractivity (Wildman–Crippen MR) is 108 cm³/mol. The Morgan fingerprint density at radius 2 is 1.36 bits per heavy atom. The molecule has 4 aromatic rings. The highest BCUT2D eigenvalue weighted by Gasteiger charge is 2.21. The Morgan fingerprint density at radius 3 is 2.20 bits per heavy atom. The zero-order chi connectivity index (χ0) is 16.8. The van der Waals surface area contributed by atoms with Gasteiger partial charge in [-0.1, -0.05) is 85.0 Å². The summed E-state index contributed by atoms with van der Waals surface area (Å²) in [6.07, 6.45) is 8.48. The summed E-state index contributed by atoms with van der Waals surface area (Å²) in [4.78, 5) is 0. The second-order valence-corrected chi connectivity index (χ2v) is 6.77. The van der Waals surface area contributed by atoms with E-state index in [9.17, 15) is 0 Å². The third-order valence-corrected chi connectivity index (χ3v) is 5.32. The van der Waals surface area contributed by atoms with Crippen molar-refractivity contribution < 1.29 is 0 Å². The van der Waals surface area contributed by atoms with Gasteiger partial charge < -0.3 is 5.73 Å². The maximum Gasteiger partial charge on any atom is 0.0332 e. The van der Waals surface area contributed by atoms with E-state index in [1.807, 2.05) is 6.08 Å². The van der Waals surface area contributed by atoms with Gasteiger partial charge in [0.25, 0.3) is 0 Å². The maximum atomic E-state index is 6.45. The van der Waals surface area contributed by atoms with Crippen molar-refractivity contribution in [1.29, 1.82) is 0 Å². The van der Waals surface area contributed by atoms with Crippen molar-refractivity contribution in [3.05, 3.63) is 96.6 Å². The second-order valence-electron chi connectivity index (χ2n) is 6.77. The van der Waals surface area contributed by atoms with Gasteiger partial charge in [-0.25, -0.2) is 0 Å². The number of hydrogen-bond acceptors (Lipinski definition) is 1. The van der Waals surface area contributed by atoms with Crippen LogP contribution in [0.2, 0.25) is 0 Å². The van der Waals surface area contributed by atoms with Gasteiger partial charge in [-0.05, 0) is 43.9 Å². The first-order chi connectivity index (χ1) is 12.3. The van der Waals surface area contributed by atoms with Crippen molar-refractivity contribution in [3.8, 4) is 0 Å². The number of fused-ring (bicyclic) bond motifs is 5. The van der Waals surface area contributed by atoms with Crippen molar-refractivity contribution in [3.63, 3.8) is 0 Å². The zero-order valence-electron chi connectivity index (χ0n) is 13.9. The number of hydrogen-bond donors (Lipinski definition) is 1. The van der Waals surface area contributed by atoms with E-state index in [4.69, 9.17) is 5.73 Å². The van der Waals surface area contributed by atoms with Crippen LogP contribution in [0.3, 0.4) is 0 Å². The fourth-order valence-electron chi connectivity index (χ4n) is 4.11. The number of allylic oxidation sites excluding steroid dienone is 2. The number of nitrogens with two attached hydrogens (primary N) is 1. The molecule has 120 valence electrons. The molecule has 0 amide bonds. The molecule has 0 bridgehead atoms. The molecule has 0 radical (unpaired) electrons. The molecule has 0 heterocycles. The van der Waals surface area contributed by atoms with Crippen LogP contribution in [-0.4, -0.2) is 6.04 Å². The fourth-order valence-corrected chi connectivity index (χ4v) is 4.11. The Labute approximate surface area is 147 Å². The van der Waals surface area contributed by atoms with Crippen LogP contribution in [0, 0.1) is 0 Å². The van der Waals surface area contributed by atoms with Crippen molar-refractivity contribution in [2.45, 2.75) is 12.0 Å². The molecule has 0 fully saturated rings. The van der Waals surface area contributed by atoms with E-state index in [1.54, 1.807) is 0 Å². The minimum Gasteiger partial charge on any atom is -0.324 e. The zero-order valence-corrected chi connectivity index (χ0v) is 13.9. The first kappa shape index (κ1) is 14.4. The molecule has 0 spiro atoms. The molecule has 1 aliphatic rings. The van der Waals surface area contributed by atoms with Crippen molar-refractivity contribution in [2.24, 2.45) is 5.73 Å². The molecule has 0 saturated heterocycles. The Bertz CT molecular complexity index is 1170. The first-order valence-electron chi connectivity index (χ1n) is 8.76. The molecule has 25 heavy (non-hydrogen) atoms. The summed E-state index contributed by atoms with van der Waals surface area (Å²) < 4.78 is 0. The maximum absolute atomic E-state index is 6.45. The molecule has 2 atom stereocenters. The van der Waals surface area contributed by atoms with Gasteiger partial charge in [0.15, 0.2) is 0 Å². The fraction of sp³-hybridized carbons (Fsp3) is 0.0833. The molecule has 0 aliphatic heterocycles. The topological polar surface area (TPSA) is 26.0 Å². The molecule has 1 heteroatoms. The third kappa shape index (κ3) is 2.20. The predicted octanol–water partition coefficient (Wildman–Crippen LogP) is 5.68. The van der Waals surface area contributed by atoms with Crippen LogP contribution >= 0.6 is 0 Å². The van der Waals surface area contributed by atoms with Crippen LogP contribution in [0.1, 0.15) is 11.5 Å². The first-order valence-corrected chi connectivity index (χ1v) is 8.76. The standard InChI is InChI=1S/C24H19N/c25-23-12-6-5-11-20(23)22-15-17-8-2-3-9-18(17)21-14-13-16-7-1-4-10-19(16)24(21)22/h1-15,20,23H,25H2. The average molecular weight is 321 g/mol. The van der Waals surface area contributed by atoms with Crippen LogP contribution in [0.4, 0.5) is 0 Å². The summed E-state index contributed by atoms with van der Waals surface area (Å²) in [5, 5.41) is 7.79. The molecule has 2 N–H and O–H groups in total. The lowest BCUT2D eigenvalue weighted by atomic mass is 9.82. The SMILES string of the molecule is NC1C=CC=CC1c1cc2ccccc2c2ccc3ccccc3c12. The van der Waals surface area contributed by atoms with Gasteiger partial charge in [-0.2, -0.15) is 0 Å². The molecule has 1 aliphatic carbocycles. The minimum absolute atomic E-state index is 0.00771. The lowest BCUT2D eigenvalue weighted by molar-refractivity contribution is 0.719. The highest BCUT2D eigenvalue weighted by molar-refractivity contribution is 6.19.